The van der Waals surface area contributed by atoms with E-state index in [1.54, 1.807) is 4.90 Å². The van der Waals surface area contributed by atoms with Crippen LogP contribution in [0.3, 0.4) is 0 Å². The smallest absolute Gasteiger partial charge is 0.378 e. The molecule has 1 aromatic carbocycles. The lowest BCUT2D eigenvalue weighted by Gasteiger charge is -2.39. The summed E-state index contributed by atoms with van der Waals surface area (Å²) in [5, 5.41) is 7.24. The van der Waals surface area contributed by atoms with Gasteiger partial charge in [-0.15, -0.1) is 0 Å². The molecule has 0 saturated carbocycles. The van der Waals surface area contributed by atoms with Gasteiger partial charge in [0.25, 0.3) is 5.91 Å². The molecule has 2 saturated heterocycles. The lowest BCUT2D eigenvalue weighted by atomic mass is 9.88. The molecule has 1 unspecified atom stereocenters. The monoisotopic (exact) mass is 484 g/mol. The highest BCUT2D eigenvalue weighted by atomic mass is 19.4. The molecule has 1 aromatic heterocycles. The van der Waals surface area contributed by atoms with E-state index in [-0.39, 0.29) is 30.5 Å². The summed E-state index contributed by atoms with van der Waals surface area (Å²) in [5.41, 5.74) is 0.344. The summed E-state index contributed by atoms with van der Waals surface area (Å²) >= 11 is 0. The molecule has 3 aliphatic rings. The summed E-state index contributed by atoms with van der Waals surface area (Å²) in [6, 6.07) is 1.42. The maximum absolute atomic E-state index is 14.1. The molecule has 5 rings (SSSR count). The topological polar surface area (TPSA) is 61.5 Å². The van der Waals surface area contributed by atoms with Crippen molar-refractivity contribution in [3.8, 4) is 0 Å². The van der Waals surface area contributed by atoms with Gasteiger partial charge < -0.3 is 9.64 Å². The highest BCUT2D eigenvalue weighted by Crippen LogP contribution is 2.41. The van der Waals surface area contributed by atoms with E-state index in [1.165, 1.54) is 0 Å². The van der Waals surface area contributed by atoms with Gasteiger partial charge in [-0.1, -0.05) is 0 Å². The zero-order chi connectivity index (χ0) is 24.0. The molecule has 6 nitrogen and oxygen atoms in total. The van der Waals surface area contributed by atoms with Crippen molar-refractivity contribution in [2.45, 2.75) is 50.4 Å². The number of halogens is 5. The average molecular weight is 484 g/mol. The predicted octanol–water partition coefficient (Wildman–Crippen LogP) is 3.87. The second-order valence-electron chi connectivity index (χ2n) is 9.21. The first-order chi connectivity index (χ1) is 16.2. The van der Waals surface area contributed by atoms with Crippen molar-refractivity contribution in [2.24, 2.45) is 0 Å². The van der Waals surface area contributed by atoms with Crippen LogP contribution in [-0.2, 0) is 23.9 Å². The number of amides is 1. The van der Waals surface area contributed by atoms with E-state index in [9.17, 15) is 26.7 Å². The number of carbonyl (C=O) groups is 1. The molecule has 0 spiro atoms. The Bertz CT molecular complexity index is 1080. The fraction of sp³-hybridized carbons (Fsp3) is 0.565. The van der Waals surface area contributed by atoms with Gasteiger partial charge in [0.1, 0.15) is 11.6 Å². The minimum Gasteiger partial charge on any atom is -0.378 e. The average Bonchev–Trinajstić information content (AvgIpc) is 2.98. The molecule has 3 aliphatic heterocycles. The van der Waals surface area contributed by atoms with E-state index in [0.29, 0.717) is 57.3 Å². The van der Waals surface area contributed by atoms with Crippen molar-refractivity contribution in [3.63, 3.8) is 0 Å². The van der Waals surface area contributed by atoms with Gasteiger partial charge in [0.2, 0.25) is 0 Å². The number of rotatable bonds is 3. The highest BCUT2D eigenvalue weighted by molar-refractivity contribution is 5.94. The van der Waals surface area contributed by atoms with E-state index < -0.39 is 29.3 Å². The molecule has 4 heterocycles. The van der Waals surface area contributed by atoms with E-state index >= 15 is 0 Å². The van der Waals surface area contributed by atoms with Gasteiger partial charge in [-0.25, -0.2) is 8.78 Å². The van der Waals surface area contributed by atoms with Crippen LogP contribution in [0.1, 0.15) is 58.1 Å². The molecular formula is C23H25F5N4O2. The largest absolute Gasteiger partial charge is 0.419 e. The van der Waals surface area contributed by atoms with E-state index in [2.05, 4.69) is 15.1 Å². The number of aromatic nitrogens is 2. The maximum Gasteiger partial charge on any atom is 0.419 e. The number of H-pyrrole nitrogens is 1. The van der Waals surface area contributed by atoms with Crippen LogP contribution in [0.5, 0.6) is 0 Å². The summed E-state index contributed by atoms with van der Waals surface area (Å²) < 4.78 is 73.7. The summed E-state index contributed by atoms with van der Waals surface area (Å²) in [6.45, 7) is 3.41. The second kappa shape index (κ2) is 8.92. The van der Waals surface area contributed by atoms with Crippen molar-refractivity contribution in [2.75, 3.05) is 32.8 Å². The Morgan fingerprint density at radius 2 is 1.91 bits per heavy atom. The molecule has 0 aliphatic carbocycles. The molecule has 2 aromatic rings. The number of carbonyl (C=O) groups excluding carboxylic acids is 1. The summed E-state index contributed by atoms with van der Waals surface area (Å²) in [5.74, 6) is -3.61. The van der Waals surface area contributed by atoms with Gasteiger partial charge >= 0.3 is 6.18 Å². The number of likely N-dealkylation sites (tertiary alicyclic amines) is 1. The van der Waals surface area contributed by atoms with Gasteiger partial charge in [0.15, 0.2) is 5.69 Å². The number of nitrogens with one attached hydrogen (secondary N) is 1. The maximum atomic E-state index is 14.1. The third-order valence-corrected chi connectivity index (χ3v) is 7.13. The first-order valence-electron chi connectivity index (χ1n) is 11.5. The van der Waals surface area contributed by atoms with Crippen LogP contribution in [0.4, 0.5) is 22.0 Å². The molecule has 1 amide bonds. The van der Waals surface area contributed by atoms with Gasteiger partial charge in [-0.3, -0.25) is 14.8 Å². The SMILES string of the molecule is O=C(c1n[nH]c2c1CCN(C1COC1)C2)N1CCCC(c2cc(F)cc(F)c2C(F)(F)F)CC1. The molecular weight excluding hydrogens is 459 g/mol. The lowest BCUT2D eigenvalue weighted by molar-refractivity contribution is -0.140. The first kappa shape index (κ1) is 23.2. The zero-order valence-corrected chi connectivity index (χ0v) is 18.4. The number of hydrogen-bond acceptors (Lipinski definition) is 4. The minimum atomic E-state index is -4.93. The quantitative estimate of drug-likeness (QED) is 0.672. The second-order valence-corrected chi connectivity index (χ2v) is 9.21. The Morgan fingerprint density at radius 3 is 2.62 bits per heavy atom. The third-order valence-electron chi connectivity index (χ3n) is 7.13. The summed E-state index contributed by atoms with van der Waals surface area (Å²) in [6.07, 6.45) is -3.35. The van der Waals surface area contributed by atoms with Crippen molar-refractivity contribution in [1.29, 1.82) is 0 Å². The highest BCUT2D eigenvalue weighted by Gasteiger charge is 2.40. The normalized spacial score (nSPS) is 22.3. The molecule has 0 radical (unpaired) electrons. The number of benzene rings is 1. The van der Waals surface area contributed by atoms with Crippen molar-refractivity contribution >= 4 is 5.91 Å². The number of fused-ring (bicyclic) bond motifs is 1. The van der Waals surface area contributed by atoms with Crippen LogP contribution in [0.15, 0.2) is 12.1 Å². The number of ether oxygens (including phenoxy) is 1. The fourth-order valence-electron chi connectivity index (χ4n) is 5.24. The van der Waals surface area contributed by atoms with Crippen molar-refractivity contribution < 1.29 is 31.5 Å². The Kier molecular flexibility index (Phi) is 6.09. The molecule has 34 heavy (non-hydrogen) atoms. The number of nitrogens with zero attached hydrogens (tertiary/aromatic N) is 3. The molecule has 184 valence electrons. The first-order valence-corrected chi connectivity index (χ1v) is 11.5. The van der Waals surface area contributed by atoms with Gasteiger partial charge in [0.05, 0.1) is 30.5 Å². The molecule has 11 heteroatoms. The van der Waals surface area contributed by atoms with Crippen molar-refractivity contribution in [1.82, 2.24) is 20.0 Å². The molecule has 1 atom stereocenters. The Labute approximate surface area is 193 Å². The van der Waals surface area contributed by atoms with Crippen LogP contribution >= 0.6 is 0 Å². The van der Waals surface area contributed by atoms with Crippen LogP contribution < -0.4 is 0 Å². The summed E-state index contributed by atoms with van der Waals surface area (Å²) in [4.78, 5) is 17.1. The molecule has 2 fully saturated rings. The van der Waals surface area contributed by atoms with Crippen LogP contribution in [-0.4, -0.2) is 64.8 Å². The number of hydrogen-bond donors (Lipinski definition) is 1. The number of aromatic amines is 1. The fourth-order valence-corrected chi connectivity index (χ4v) is 5.24. The molecule has 0 bridgehead atoms. The van der Waals surface area contributed by atoms with Gasteiger partial charge in [-0.2, -0.15) is 18.3 Å². The number of alkyl halides is 3. The van der Waals surface area contributed by atoms with Crippen LogP contribution in [0.2, 0.25) is 0 Å². The Morgan fingerprint density at radius 1 is 1.12 bits per heavy atom. The van der Waals surface area contributed by atoms with Crippen molar-refractivity contribution in [3.05, 3.63) is 51.8 Å². The Hall–Kier alpha value is -2.53. The van der Waals surface area contributed by atoms with Gasteiger partial charge in [0, 0.05) is 37.8 Å². The predicted molar refractivity (Wildman–Crippen MR) is 111 cm³/mol. The lowest BCUT2D eigenvalue weighted by Crippen LogP contribution is -2.50. The standard InChI is InChI=1S/C23H25F5N4O2/c24-14-8-17(20(18(25)9-14)23(26,27)28)13-2-1-5-31(6-3-13)22(33)21-16-4-7-32(15-11-34-12-15)10-19(16)29-30-21/h8-9,13,15H,1-7,10-12H2,(H,29,30). The third kappa shape index (κ3) is 4.31. The van der Waals surface area contributed by atoms with Crippen LogP contribution in [0.25, 0.3) is 0 Å². The van der Waals surface area contributed by atoms with E-state index in [0.717, 1.165) is 23.9 Å². The minimum absolute atomic E-state index is 0.180. The zero-order valence-electron chi connectivity index (χ0n) is 18.4. The van der Waals surface area contributed by atoms with Crippen LogP contribution in [0, 0.1) is 11.6 Å². The summed E-state index contributed by atoms with van der Waals surface area (Å²) in [7, 11) is 0. The Balaban J connectivity index is 1.31. The van der Waals surface area contributed by atoms with E-state index in [1.807, 2.05) is 0 Å². The molecule has 1 N–H and O–H groups in total. The van der Waals surface area contributed by atoms with E-state index in [4.69, 9.17) is 4.74 Å². The van der Waals surface area contributed by atoms with Gasteiger partial charge in [-0.05, 0) is 43.2 Å².